The molecule has 1 aliphatic rings. The Balaban J connectivity index is 1.65. The Kier molecular flexibility index (Phi) is 7.56. The van der Waals surface area contributed by atoms with Crippen LogP contribution in [-0.2, 0) is 6.42 Å². The molecule has 1 saturated carbocycles. The standard InChI is InChI=1S/C21H32O/c1-3-7-18-10-12-19(13-11-18)8-5-6-9-20-14-16-21(17-15-20)22-4-2/h5,8,14-19H,3-4,6-7,9-13H2,1-2H3/b8-5+/t18-,19-. The van der Waals surface area contributed by atoms with Crippen LogP contribution in [0.15, 0.2) is 36.4 Å². The van der Waals surface area contributed by atoms with Gasteiger partial charge in [0.25, 0.3) is 0 Å². The van der Waals surface area contributed by atoms with E-state index < -0.39 is 0 Å². The zero-order chi connectivity index (χ0) is 15.6. The van der Waals surface area contributed by atoms with Crippen molar-refractivity contribution in [1.82, 2.24) is 0 Å². The third-order valence-corrected chi connectivity index (χ3v) is 4.83. The summed E-state index contributed by atoms with van der Waals surface area (Å²) in [4.78, 5) is 0. The van der Waals surface area contributed by atoms with Crippen LogP contribution >= 0.6 is 0 Å². The topological polar surface area (TPSA) is 9.23 Å². The van der Waals surface area contributed by atoms with E-state index in [0.717, 1.165) is 37.0 Å². The van der Waals surface area contributed by atoms with Gasteiger partial charge in [-0.1, -0.05) is 44.1 Å². The molecule has 1 heteroatoms. The molecule has 0 saturated heterocycles. The third-order valence-electron chi connectivity index (χ3n) is 4.83. The summed E-state index contributed by atoms with van der Waals surface area (Å²) in [5, 5.41) is 0. The monoisotopic (exact) mass is 300 g/mol. The highest BCUT2D eigenvalue weighted by molar-refractivity contribution is 5.27. The summed E-state index contributed by atoms with van der Waals surface area (Å²) in [5.74, 6) is 2.83. The summed E-state index contributed by atoms with van der Waals surface area (Å²) in [7, 11) is 0. The number of hydrogen-bond acceptors (Lipinski definition) is 1. The van der Waals surface area contributed by atoms with Crippen molar-refractivity contribution in [2.45, 2.75) is 65.2 Å². The molecule has 122 valence electrons. The van der Waals surface area contributed by atoms with Gasteiger partial charge in [-0.3, -0.25) is 0 Å². The minimum absolute atomic E-state index is 0.739. The summed E-state index contributed by atoms with van der Waals surface area (Å²) >= 11 is 0. The Labute approximate surface area is 136 Å². The highest BCUT2D eigenvalue weighted by atomic mass is 16.5. The maximum absolute atomic E-state index is 5.48. The van der Waals surface area contributed by atoms with Crippen LogP contribution in [0, 0.1) is 11.8 Å². The lowest BCUT2D eigenvalue weighted by Crippen LogP contribution is -2.12. The molecule has 0 aromatic heterocycles. The lowest BCUT2D eigenvalue weighted by molar-refractivity contribution is 0.294. The van der Waals surface area contributed by atoms with Gasteiger partial charge >= 0.3 is 0 Å². The van der Waals surface area contributed by atoms with Gasteiger partial charge in [-0.25, -0.2) is 0 Å². The number of ether oxygens (including phenoxy) is 1. The average molecular weight is 300 g/mol. The molecule has 1 aromatic carbocycles. The second-order valence-corrected chi connectivity index (χ2v) is 6.61. The minimum atomic E-state index is 0.739. The minimum Gasteiger partial charge on any atom is -0.494 e. The van der Waals surface area contributed by atoms with Gasteiger partial charge in [-0.15, -0.1) is 0 Å². The first-order valence-corrected chi connectivity index (χ1v) is 9.20. The Morgan fingerprint density at radius 3 is 2.41 bits per heavy atom. The van der Waals surface area contributed by atoms with Crippen LogP contribution < -0.4 is 4.74 Å². The molecule has 1 fully saturated rings. The van der Waals surface area contributed by atoms with Crippen LogP contribution in [0.4, 0.5) is 0 Å². The largest absolute Gasteiger partial charge is 0.494 e. The first-order chi connectivity index (χ1) is 10.8. The summed E-state index contributed by atoms with van der Waals surface area (Å²) < 4.78 is 5.48. The lowest BCUT2D eigenvalue weighted by atomic mass is 9.80. The van der Waals surface area contributed by atoms with E-state index in [4.69, 9.17) is 4.74 Å². The van der Waals surface area contributed by atoms with Gasteiger partial charge in [0.1, 0.15) is 5.75 Å². The van der Waals surface area contributed by atoms with E-state index in [2.05, 4.69) is 43.3 Å². The molecular weight excluding hydrogens is 268 g/mol. The van der Waals surface area contributed by atoms with Gasteiger partial charge in [0.05, 0.1) is 6.61 Å². The second-order valence-electron chi connectivity index (χ2n) is 6.61. The van der Waals surface area contributed by atoms with Crippen molar-refractivity contribution in [2.75, 3.05) is 6.61 Å². The van der Waals surface area contributed by atoms with Crippen molar-refractivity contribution in [3.05, 3.63) is 42.0 Å². The van der Waals surface area contributed by atoms with Gasteiger partial charge < -0.3 is 4.74 Å². The fourth-order valence-corrected chi connectivity index (χ4v) is 3.54. The van der Waals surface area contributed by atoms with Crippen molar-refractivity contribution >= 4 is 0 Å². The predicted octanol–water partition coefficient (Wildman–Crippen LogP) is 6.18. The van der Waals surface area contributed by atoms with Crippen LogP contribution in [0.5, 0.6) is 5.75 Å². The first kappa shape index (κ1) is 17.1. The molecule has 0 unspecified atom stereocenters. The van der Waals surface area contributed by atoms with E-state index >= 15 is 0 Å². The molecule has 0 aliphatic heterocycles. The molecule has 0 radical (unpaired) electrons. The Morgan fingerprint density at radius 1 is 1.05 bits per heavy atom. The maximum atomic E-state index is 5.48. The van der Waals surface area contributed by atoms with E-state index in [1.807, 2.05) is 6.92 Å². The molecule has 0 N–H and O–H groups in total. The summed E-state index contributed by atoms with van der Waals surface area (Å²) in [6, 6.07) is 8.54. The van der Waals surface area contributed by atoms with E-state index in [0.29, 0.717) is 0 Å². The lowest BCUT2D eigenvalue weighted by Gasteiger charge is -2.26. The number of benzene rings is 1. The molecule has 0 heterocycles. The second kappa shape index (κ2) is 9.71. The number of hydrogen-bond donors (Lipinski definition) is 0. The van der Waals surface area contributed by atoms with Crippen LogP contribution in [-0.4, -0.2) is 6.61 Å². The smallest absolute Gasteiger partial charge is 0.119 e. The molecule has 1 nitrogen and oxygen atoms in total. The highest BCUT2D eigenvalue weighted by Gasteiger charge is 2.18. The molecular formula is C21H32O. The van der Waals surface area contributed by atoms with Crippen LogP contribution in [0.3, 0.4) is 0 Å². The van der Waals surface area contributed by atoms with Gasteiger partial charge in [0.15, 0.2) is 0 Å². The number of rotatable bonds is 8. The van der Waals surface area contributed by atoms with Crippen LogP contribution in [0.1, 0.15) is 64.4 Å². The van der Waals surface area contributed by atoms with Gasteiger partial charge in [0.2, 0.25) is 0 Å². The summed E-state index contributed by atoms with van der Waals surface area (Å²) in [5.41, 5.74) is 1.40. The average Bonchev–Trinajstić information content (AvgIpc) is 2.55. The van der Waals surface area contributed by atoms with Crippen LogP contribution in [0.25, 0.3) is 0 Å². The maximum Gasteiger partial charge on any atom is 0.119 e. The van der Waals surface area contributed by atoms with Crippen molar-refractivity contribution < 1.29 is 4.74 Å². The summed E-state index contributed by atoms with van der Waals surface area (Å²) in [6.45, 7) is 5.07. The van der Waals surface area contributed by atoms with E-state index in [-0.39, 0.29) is 0 Å². The molecule has 1 aromatic rings. The zero-order valence-corrected chi connectivity index (χ0v) is 14.4. The van der Waals surface area contributed by atoms with Crippen molar-refractivity contribution in [3.63, 3.8) is 0 Å². The van der Waals surface area contributed by atoms with E-state index in [9.17, 15) is 0 Å². The van der Waals surface area contributed by atoms with E-state index in [1.54, 1.807) is 0 Å². The Hall–Kier alpha value is -1.24. The fourth-order valence-electron chi connectivity index (χ4n) is 3.54. The van der Waals surface area contributed by atoms with Crippen molar-refractivity contribution in [2.24, 2.45) is 11.8 Å². The van der Waals surface area contributed by atoms with Crippen molar-refractivity contribution in [3.8, 4) is 5.75 Å². The third kappa shape index (κ3) is 5.87. The molecule has 1 aliphatic carbocycles. The number of aryl methyl sites for hydroxylation is 1. The van der Waals surface area contributed by atoms with Crippen molar-refractivity contribution in [1.29, 1.82) is 0 Å². The zero-order valence-electron chi connectivity index (χ0n) is 14.4. The highest BCUT2D eigenvalue weighted by Crippen LogP contribution is 2.32. The molecule has 0 amide bonds. The molecule has 0 bridgehead atoms. The van der Waals surface area contributed by atoms with E-state index in [1.165, 1.54) is 44.1 Å². The SMILES string of the molecule is CCC[C@H]1CC[C@H](/C=C/CCc2ccc(OCC)cc2)CC1. The van der Waals surface area contributed by atoms with Gasteiger partial charge in [-0.2, -0.15) is 0 Å². The predicted molar refractivity (Wildman–Crippen MR) is 95.4 cm³/mol. The molecule has 0 spiro atoms. The molecule has 22 heavy (non-hydrogen) atoms. The Morgan fingerprint density at radius 2 is 1.77 bits per heavy atom. The Bertz CT molecular complexity index is 424. The summed E-state index contributed by atoms with van der Waals surface area (Å²) in [6.07, 6.45) is 15.7. The normalized spacial score (nSPS) is 22.1. The quantitative estimate of drug-likeness (QED) is 0.521. The van der Waals surface area contributed by atoms with Crippen LogP contribution in [0.2, 0.25) is 0 Å². The molecule has 2 rings (SSSR count). The fraction of sp³-hybridized carbons (Fsp3) is 0.619. The first-order valence-electron chi connectivity index (χ1n) is 9.20. The molecule has 0 atom stereocenters. The van der Waals surface area contributed by atoms with Gasteiger partial charge in [0, 0.05) is 0 Å². The number of allylic oxidation sites excluding steroid dienone is 2. The van der Waals surface area contributed by atoms with Gasteiger partial charge in [-0.05, 0) is 75.0 Å².